The molecule has 0 amide bonds. The van der Waals surface area contributed by atoms with E-state index in [0.29, 0.717) is 5.75 Å². The lowest BCUT2D eigenvalue weighted by Gasteiger charge is -2.18. The summed E-state index contributed by atoms with van der Waals surface area (Å²) in [6, 6.07) is 8.83. The summed E-state index contributed by atoms with van der Waals surface area (Å²) in [6.07, 6.45) is 0. The lowest BCUT2D eigenvalue weighted by atomic mass is 10.1. The molecule has 0 aliphatic rings. The number of benzene rings is 2. The molecule has 158 valence electrons. The smallest absolute Gasteiger partial charge is 0.341 e. The highest BCUT2D eigenvalue weighted by molar-refractivity contribution is 7.89. The third-order valence-electron chi connectivity index (χ3n) is 4.28. The molecule has 29 heavy (non-hydrogen) atoms. The first-order valence-corrected chi connectivity index (χ1v) is 10.8. The van der Waals surface area contributed by atoms with E-state index in [9.17, 15) is 17.6 Å². The average molecular weight is 424 g/mol. The van der Waals surface area contributed by atoms with E-state index in [0.717, 1.165) is 29.3 Å². The molecule has 0 aromatic heterocycles. The van der Waals surface area contributed by atoms with E-state index in [1.165, 1.54) is 4.31 Å². The van der Waals surface area contributed by atoms with Crippen molar-refractivity contribution in [2.45, 2.75) is 32.6 Å². The van der Waals surface area contributed by atoms with E-state index in [1.54, 1.807) is 13.8 Å². The first-order chi connectivity index (χ1) is 13.7. The van der Waals surface area contributed by atoms with Gasteiger partial charge in [0.25, 0.3) is 0 Å². The molecule has 0 heterocycles. The second-order valence-corrected chi connectivity index (χ2v) is 8.48. The molecule has 0 saturated heterocycles. The molecular weight excluding hydrogens is 397 g/mol. The summed E-state index contributed by atoms with van der Waals surface area (Å²) in [5.41, 5.74) is 1.67. The molecule has 0 unspecified atom stereocenters. The van der Waals surface area contributed by atoms with Gasteiger partial charge in [-0.3, -0.25) is 0 Å². The maximum absolute atomic E-state index is 14.1. The van der Waals surface area contributed by atoms with Crippen molar-refractivity contribution in [3.05, 3.63) is 58.9 Å². The molecule has 0 aliphatic carbocycles. The zero-order valence-electron chi connectivity index (χ0n) is 17.1. The van der Waals surface area contributed by atoms with Crippen LogP contribution in [0.3, 0.4) is 0 Å². The van der Waals surface area contributed by atoms with Gasteiger partial charge >= 0.3 is 5.97 Å². The Bertz CT molecular complexity index is 951. The van der Waals surface area contributed by atoms with Crippen LogP contribution in [0.25, 0.3) is 0 Å². The minimum absolute atomic E-state index is 0.0910. The van der Waals surface area contributed by atoms with Crippen LogP contribution in [0.5, 0.6) is 5.75 Å². The lowest BCUT2D eigenvalue weighted by Crippen LogP contribution is -2.30. The van der Waals surface area contributed by atoms with Gasteiger partial charge in [-0.25, -0.2) is 17.6 Å². The van der Waals surface area contributed by atoms with Crippen LogP contribution in [-0.2, 0) is 14.8 Å². The number of carbonyl (C=O) groups is 1. The van der Waals surface area contributed by atoms with Crippen LogP contribution < -0.4 is 4.74 Å². The maximum atomic E-state index is 14.1. The Kier molecular flexibility index (Phi) is 7.75. The highest BCUT2D eigenvalue weighted by atomic mass is 32.2. The number of halogens is 1. The van der Waals surface area contributed by atoms with Gasteiger partial charge in [-0.15, -0.1) is 0 Å². The molecule has 0 fully saturated rings. The lowest BCUT2D eigenvalue weighted by molar-refractivity contribution is 0.0445. The van der Waals surface area contributed by atoms with Crippen molar-refractivity contribution >= 4 is 16.0 Å². The van der Waals surface area contributed by atoms with Crippen LogP contribution in [0, 0.1) is 19.7 Å². The van der Waals surface area contributed by atoms with Crippen molar-refractivity contribution in [2.24, 2.45) is 0 Å². The van der Waals surface area contributed by atoms with Crippen LogP contribution >= 0.6 is 0 Å². The Morgan fingerprint density at radius 3 is 2.21 bits per heavy atom. The molecule has 0 aliphatic heterocycles. The van der Waals surface area contributed by atoms with Crippen LogP contribution in [0.15, 0.2) is 41.3 Å². The Labute approximate surface area is 171 Å². The van der Waals surface area contributed by atoms with E-state index in [2.05, 4.69) is 0 Å². The third kappa shape index (κ3) is 5.77. The summed E-state index contributed by atoms with van der Waals surface area (Å²) >= 11 is 0. The average Bonchev–Trinajstić information content (AvgIpc) is 2.65. The molecule has 0 N–H and O–H groups in total. The number of aryl methyl sites for hydroxylation is 2. The van der Waals surface area contributed by atoms with Crippen molar-refractivity contribution < 1.29 is 27.1 Å². The van der Waals surface area contributed by atoms with Crippen LogP contribution in [-0.4, -0.2) is 45.0 Å². The van der Waals surface area contributed by atoms with Gasteiger partial charge in [0.1, 0.15) is 24.8 Å². The largest absolute Gasteiger partial charge is 0.490 e. The van der Waals surface area contributed by atoms with E-state index < -0.39 is 27.4 Å². The van der Waals surface area contributed by atoms with E-state index in [4.69, 9.17) is 9.47 Å². The van der Waals surface area contributed by atoms with Gasteiger partial charge in [-0.2, -0.15) is 4.31 Å². The quantitative estimate of drug-likeness (QED) is 0.454. The number of hydrogen-bond donors (Lipinski definition) is 0. The summed E-state index contributed by atoms with van der Waals surface area (Å²) in [5.74, 6) is -1.14. The Morgan fingerprint density at radius 1 is 1.00 bits per heavy atom. The normalized spacial score (nSPS) is 11.5. The Morgan fingerprint density at radius 2 is 1.62 bits per heavy atom. The molecule has 0 spiro atoms. The number of hydrogen-bond acceptors (Lipinski definition) is 5. The number of carbonyl (C=O) groups excluding carboxylic acids is 1. The molecule has 0 bridgehead atoms. The topological polar surface area (TPSA) is 72.9 Å². The van der Waals surface area contributed by atoms with Gasteiger partial charge in [-0.1, -0.05) is 19.9 Å². The van der Waals surface area contributed by atoms with Crippen molar-refractivity contribution in [3.8, 4) is 5.75 Å². The predicted octanol–water partition coefficient (Wildman–Crippen LogP) is 3.71. The molecule has 8 heteroatoms. The zero-order chi connectivity index (χ0) is 21.6. The van der Waals surface area contributed by atoms with E-state index >= 15 is 0 Å². The van der Waals surface area contributed by atoms with Gasteiger partial charge in [0, 0.05) is 13.1 Å². The van der Waals surface area contributed by atoms with Crippen LogP contribution in [0.2, 0.25) is 0 Å². The molecule has 2 aromatic rings. The van der Waals surface area contributed by atoms with Gasteiger partial charge in [-0.05, 0) is 55.3 Å². The fraction of sp³-hybridized carbons (Fsp3) is 0.381. The molecule has 0 radical (unpaired) electrons. The van der Waals surface area contributed by atoms with Crippen LogP contribution in [0.1, 0.15) is 35.3 Å². The molecular formula is C21H26FNO5S. The molecule has 6 nitrogen and oxygen atoms in total. The van der Waals surface area contributed by atoms with Crippen molar-refractivity contribution in [1.82, 2.24) is 4.31 Å². The minimum atomic E-state index is -3.81. The van der Waals surface area contributed by atoms with Crippen molar-refractivity contribution in [1.29, 1.82) is 0 Å². The molecule has 2 aromatic carbocycles. The second-order valence-electron chi connectivity index (χ2n) is 6.54. The number of rotatable bonds is 9. The second kappa shape index (κ2) is 9.84. The van der Waals surface area contributed by atoms with Gasteiger partial charge in [0.2, 0.25) is 10.0 Å². The van der Waals surface area contributed by atoms with Gasteiger partial charge in [0.05, 0.1) is 10.5 Å². The van der Waals surface area contributed by atoms with Crippen molar-refractivity contribution in [2.75, 3.05) is 26.3 Å². The number of sulfonamides is 1. The Hall–Kier alpha value is -2.45. The standard InChI is InChI=1S/C21H26FNO5S/c1-5-23(6-2)29(25,26)18-7-8-20(22)19(14-18)21(24)28-10-9-27-17-12-15(3)11-16(4)13-17/h7-8,11-14H,5-6,9-10H2,1-4H3. The molecule has 0 atom stereocenters. The highest BCUT2D eigenvalue weighted by Gasteiger charge is 2.24. The van der Waals surface area contributed by atoms with Gasteiger partial charge in [0.15, 0.2) is 0 Å². The highest BCUT2D eigenvalue weighted by Crippen LogP contribution is 2.20. The summed E-state index contributed by atoms with van der Waals surface area (Å²) in [4.78, 5) is 12.1. The summed E-state index contributed by atoms with van der Waals surface area (Å²) in [5, 5.41) is 0. The van der Waals surface area contributed by atoms with E-state index in [1.807, 2.05) is 32.0 Å². The monoisotopic (exact) mass is 423 g/mol. The van der Waals surface area contributed by atoms with E-state index in [-0.39, 0.29) is 31.2 Å². The fourth-order valence-electron chi connectivity index (χ4n) is 2.92. The molecule has 2 rings (SSSR count). The van der Waals surface area contributed by atoms with Crippen LogP contribution in [0.4, 0.5) is 4.39 Å². The number of nitrogens with zero attached hydrogens (tertiary/aromatic N) is 1. The summed E-state index contributed by atoms with van der Waals surface area (Å²) < 4.78 is 51.1. The maximum Gasteiger partial charge on any atom is 0.341 e. The molecule has 0 saturated carbocycles. The third-order valence-corrected chi connectivity index (χ3v) is 6.33. The number of esters is 1. The fourth-order valence-corrected chi connectivity index (χ4v) is 4.41. The predicted molar refractivity (Wildman–Crippen MR) is 108 cm³/mol. The zero-order valence-corrected chi connectivity index (χ0v) is 17.9. The summed E-state index contributed by atoms with van der Waals surface area (Å²) in [6.45, 7) is 7.83. The van der Waals surface area contributed by atoms with Crippen molar-refractivity contribution in [3.63, 3.8) is 0 Å². The first kappa shape index (κ1) is 22.8. The summed E-state index contributed by atoms with van der Waals surface area (Å²) in [7, 11) is -3.81. The minimum Gasteiger partial charge on any atom is -0.490 e. The Balaban J connectivity index is 2.05. The first-order valence-electron chi connectivity index (χ1n) is 9.37. The number of ether oxygens (including phenoxy) is 2. The van der Waals surface area contributed by atoms with Gasteiger partial charge < -0.3 is 9.47 Å². The SMILES string of the molecule is CCN(CC)S(=O)(=O)c1ccc(F)c(C(=O)OCCOc2cc(C)cc(C)c2)c1.